The van der Waals surface area contributed by atoms with Gasteiger partial charge in [0.05, 0.1) is 19.1 Å². The predicted octanol–water partition coefficient (Wildman–Crippen LogP) is 6.87. The number of alkyl halides is 3. The molecule has 0 radical (unpaired) electrons. The standard InChI is InChI=1S/C33H37F3N2O3/c1-32(23-30(39)41-2,25-9-4-3-5-10-25)19-8-20-38-21-17-27(18-22-38)37-31(40)29-12-7-6-11-28(29)24-13-15-26(16-14-24)33(34,35)36/h3-7,9-16,27H,8,17-23H2,1-2H3,(H,37,40). The van der Waals surface area contributed by atoms with Crippen molar-refractivity contribution < 1.29 is 27.5 Å². The van der Waals surface area contributed by atoms with Crippen molar-refractivity contribution in [2.24, 2.45) is 0 Å². The summed E-state index contributed by atoms with van der Waals surface area (Å²) in [5.74, 6) is -0.437. The van der Waals surface area contributed by atoms with Crippen molar-refractivity contribution in [3.63, 3.8) is 0 Å². The summed E-state index contributed by atoms with van der Waals surface area (Å²) in [5, 5.41) is 3.13. The molecule has 1 unspecified atom stereocenters. The van der Waals surface area contributed by atoms with E-state index in [-0.39, 0.29) is 23.3 Å². The van der Waals surface area contributed by atoms with Crippen LogP contribution in [-0.4, -0.2) is 49.6 Å². The monoisotopic (exact) mass is 566 g/mol. The van der Waals surface area contributed by atoms with Crippen LogP contribution in [0.25, 0.3) is 11.1 Å². The quantitative estimate of drug-likeness (QED) is 0.272. The van der Waals surface area contributed by atoms with Gasteiger partial charge in [-0.05, 0) is 67.1 Å². The van der Waals surface area contributed by atoms with Crippen LogP contribution in [0.15, 0.2) is 78.9 Å². The highest BCUT2D eigenvalue weighted by molar-refractivity contribution is 6.01. The molecule has 0 aliphatic carbocycles. The average Bonchev–Trinajstić information content (AvgIpc) is 2.98. The van der Waals surface area contributed by atoms with Crippen molar-refractivity contribution in [2.45, 2.75) is 56.7 Å². The molecule has 3 aromatic carbocycles. The predicted molar refractivity (Wildman–Crippen MR) is 153 cm³/mol. The van der Waals surface area contributed by atoms with Crippen LogP contribution in [0.1, 0.15) is 60.5 Å². The lowest BCUT2D eigenvalue weighted by atomic mass is 9.76. The molecule has 1 N–H and O–H groups in total. The summed E-state index contributed by atoms with van der Waals surface area (Å²) in [6.07, 6.45) is -0.674. The number of carbonyl (C=O) groups is 2. The molecule has 4 rings (SSSR count). The SMILES string of the molecule is COC(=O)CC(C)(CCCN1CCC(NC(=O)c2ccccc2-c2ccc(C(F)(F)F)cc2)CC1)c1ccccc1. The van der Waals surface area contributed by atoms with Crippen molar-refractivity contribution >= 4 is 11.9 Å². The fourth-order valence-electron chi connectivity index (χ4n) is 5.59. The smallest absolute Gasteiger partial charge is 0.416 e. The Kier molecular flexibility index (Phi) is 9.86. The first-order valence-electron chi connectivity index (χ1n) is 14.0. The van der Waals surface area contributed by atoms with Gasteiger partial charge in [-0.1, -0.05) is 67.6 Å². The fourth-order valence-corrected chi connectivity index (χ4v) is 5.59. The molecule has 1 saturated heterocycles. The number of ether oxygens (including phenoxy) is 1. The van der Waals surface area contributed by atoms with Crippen molar-refractivity contribution in [3.8, 4) is 11.1 Å². The van der Waals surface area contributed by atoms with Gasteiger partial charge in [0.15, 0.2) is 0 Å². The van der Waals surface area contributed by atoms with Crippen LogP contribution in [0.4, 0.5) is 13.2 Å². The second-order valence-corrected chi connectivity index (χ2v) is 11.0. The minimum Gasteiger partial charge on any atom is -0.469 e. The molecule has 1 aliphatic rings. The van der Waals surface area contributed by atoms with E-state index in [2.05, 4.69) is 29.3 Å². The lowest BCUT2D eigenvalue weighted by Gasteiger charge is -2.34. The van der Waals surface area contributed by atoms with E-state index in [1.54, 1.807) is 24.3 Å². The molecule has 218 valence electrons. The lowest BCUT2D eigenvalue weighted by molar-refractivity contribution is -0.142. The molecule has 0 bridgehead atoms. The molecule has 41 heavy (non-hydrogen) atoms. The highest BCUT2D eigenvalue weighted by Crippen LogP contribution is 2.34. The van der Waals surface area contributed by atoms with Crippen LogP contribution in [0, 0.1) is 0 Å². The highest BCUT2D eigenvalue weighted by Gasteiger charge is 2.31. The number of methoxy groups -OCH3 is 1. The van der Waals surface area contributed by atoms with E-state index < -0.39 is 11.7 Å². The van der Waals surface area contributed by atoms with Crippen molar-refractivity contribution in [3.05, 3.63) is 95.6 Å². The Morgan fingerprint density at radius 3 is 2.17 bits per heavy atom. The zero-order valence-corrected chi connectivity index (χ0v) is 23.5. The van der Waals surface area contributed by atoms with Crippen molar-refractivity contribution in [1.29, 1.82) is 0 Å². The number of halogens is 3. The Morgan fingerprint density at radius 2 is 1.54 bits per heavy atom. The maximum absolute atomic E-state index is 13.2. The highest BCUT2D eigenvalue weighted by atomic mass is 19.4. The number of nitrogens with zero attached hydrogens (tertiary/aromatic N) is 1. The minimum atomic E-state index is -4.41. The molecule has 0 spiro atoms. The molecular weight excluding hydrogens is 529 g/mol. The van der Waals surface area contributed by atoms with E-state index in [1.165, 1.54) is 19.2 Å². The lowest BCUT2D eigenvalue weighted by Crippen LogP contribution is -2.45. The van der Waals surface area contributed by atoms with Crippen LogP contribution in [0.2, 0.25) is 0 Å². The molecule has 1 atom stereocenters. The number of hydrogen-bond acceptors (Lipinski definition) is 4. The third-order valence-electron chi connectivity index (χ3n) is 8.05. The summed E-state index contributed by atoms with van der Waals surface area (Å²) in [6.45, 7) is 4.72. The van der Waals surface area contributed by atoms with Crippen molar-refractivity contribution in [2.75, 3.05) is 26.7 Å². The number of esters is 1. The molecule has 0 aromatic heterocycles. The number of carbonyl (C=O) groups excluding carboxylic acids is 2. The molecule has 1 amide bonds. The zero-order chi connectivity index (χ0) is 29.5. The van der Waals surface area contributed by atoms with E-state index >= 15 is 0 Å². The maximum Gasteiger partial charge on any atom is 0.416 e. The Bertz CT molecular complexity index is 1300. The van der Waals surface area contributed by atoms with Gasteiger partial charge in [-0.3, -0.25) is 9.59 Å². The number of nitrogens with one attached hydrogen (secondary N) is 1. The first-order chi connectivity index (χ1) is 19.6. The van der Waals surface area contributed by atoms with E-state index in [0.29, 0.717) is 23.1 Å². The van der Waals surface area contributed by atoms with Crippen LogP contribution in [-0.2, 0) is 21.1 Å². The summed E-state index contributed by atoms with van der Waals surface area (Å²) in [5.41, 5.74) is 1.71. The van der Waals surface area contributed by atoms with Gasteiger partial charge in [-0.15, -0.1) is 0 Å². The van der Waals surface area contributed by atoms with E-state index in [9.17, 15) is 22.8 Å². The van der Waals surface area contributed by atoms with Gasteiger partial charge in [0, 0.05) is 30.1 Å². The zero-order valence-electron chi connectivity index (χ0n) is 23.5. The molecule has 5 nitrogen and oxygen atoms in total. The number of rotatable bonds is 10. The van der Waals surface area contributed by atoms with Gasteiger partial charge in [0.25, 0.3) is 5.91 Å². The number of piperidine rings is 1. The maximum atomic E-state index is 13.2. The topological polar surface area (TPSA) is 58.6 Å². The van der Waals surface area contributed by atoms with Crippen LogP contribution in [0.3, 0.4) is 0 Å². The second kappa shape index (κ2) is 13.3. The minimum absolute atomic E-state index is 0.0216. The number of amides is 1. The summed E-state index contributed by atoms with van der Waals surface area (Å²) >= 11 is 0. The van der Waals surface area contributed by atoms with E-state index in [4.69, 9.17) is 4.74 Å². The third kappa shape index (κ3) is 7.97. The largest absolute Gasteiger partial charge is 0.469 e. The normalized spacial score (nSPS) is 16.1. The van der Waals surface area contributed by atoms with Gasteiger partial charge in [0.1, 0.15) is 0 Å². The number of benzene rings is 3. The Balaban J connectivity index is 1.30. The first kappa shape index (κ1) is 30.3. The molecule has 0 saturated carbocycles. The summed E-state index contributed by atoms with van der Waals surface area (Å²) in [4.78, 5) is 27.7. The fraction of sp³-hybridized carbons (Fsp3) is 0.394. The van der Waals surface area contributed by atoms with E-state index in [0.717, 1.165) is 63.0 Å². The first-order valence-corrected chi connectivity index (χ1v) is 14.0. The third-order valence-corrected chi connectivity index (χ3v) is 8.05. The molecular formula is C33H37F3N2O3. The molecule has 8 heteroatoms. The summed E-state index contributed by atoms with van der Waals surface area (Å²) in [7, 11) is 1.42. The Hall–Kier alpha value is -3.65. The summed E-state index contributed by atoms with van der Waals surface area (Å²) in [6, 6.07) is 22.0. The van der Waals surface area contributed by atoms with Gasteiger partial charge >= 0.3 is 12.1 Å². The van der Waals surface area contributed by atoms with Crippen LogP contribution in [0.5, 0.6) is 0 Å². The molecule has 3 aromatic rings. The van der Waals surface area contributed by atoms with E-state index in [1.807, 2.05) is 18.2 Å². The van der Waals surface area contributed by atoms with Gasteiger partial charge in [-0.2, -0.15) is 13.2 Å². The Morgan fingerprint density at radius 1 is 0.902 bits per heavy atom. The molecule has 1 aliphatic heterocycles. The molecule has 1 fully saturated rings. The van der Waals surface area contributed by atoms with Crippen molar-refractivity contribution in [1.82, 2.24) is 10.2 Å². The van der Waals surface area contributed by atoms with Gasteiger partial charge in [-0.25, -0.2) is 0 Å². The number of likely N-dealkylation sites (tertiary alicyclic amines) is 1. The van der Waals surface area contributed by atoms with Gasteiger partial charge in [0.2, 0.25) is 0 Å². The number of hydrogen-bond donors (Lipinski definition) is 1. The van der Waals surface area contributed by atoms with Gasteiger partial charge < -0.3 is 15.0 Å². The Labute approximate surface area is 239 Å². The second-order valence-electron chi connectivity index (χ2n) is 11.0. The average molecular weight is 567 g/mol. The van der Waals surface area contributed by atoms with Crippen LogP contribution >= 0.6 is 0 Å². The van der Waals surface area contributed by atoms with Crippen LogP contribution < -0.4 is 5.32 Å². The summed E-state index contributed by atoms with van der Waals surface area (Å²) < 4.78 is 43.9. The molecule has 1 heterocycles.